The van der Waals surface area contributed by atoms with Crippen molar-refractivity contribution in [1.82, 2.24) is 9.97 Å². The first kappa shape index (κ1) is 12.8. The zero-order valence-electron chi connectivity index (χ0n) is 10.1. The molecule has 0 saturated heterocycles. The lowest BCUT2D eigenvalue weighted by Crippen LogP contribution is -2.02. The summed E-state index contributed by atoms with van der Waals surface area (Å²) < 4.78 is 5.61. The molecule has 0 radical (unpaired) electrons. The Hall–Kier alpha value is -1.65. The van der Waals surface area contributed by atoms with Crippen LogP contribution in [0.3, 0.4) is 0 Å². The molecule has 0 spiro atoms. The van der Waals surface area contributed by atoms with Gasteiger partial charge < -0.3 is 10.5 Å². The topological polar surface area (TPSA) is 61.0 Å². The number of aromatic nitrogens is 2. The lowest BCUT2D eigenvalue weighted by molar-refractivity contribution is 0.459. The Balaban J connectivity index is 2.13. The SMILES string of the molecule is Cc1nc(Cl)cc(Oc2ccc(CCN)cc2)n1. The Morgan fingerprint density at radius 3 is 2.56 bits per heavy atom. The Bertz CT molecular complexity index is 508. The summed E-state index contributed by atoms with van der Waals surface area (Å²) in [6.07, 6.45) is 0.860. The molecule has 1 aromatic heterocycles. The van der Waals surface area contributed by atoms with Crippen LogP contribution in [0.5, 0.6) is 11.6 Å². The van der Waals surface area contributed by atoms with Crippen molar-refractivity contribution in [2.45, 2.75) is 13.3 Å². The minimum Gasteiger partial charge on any atom is -0.439 e. The van der Waals surface area contributed by atoms with Gasteiger partial charge in [-0.25, -0.2) is 4.98 Å². The van der Waals surface area contributed by atoms with Crippen LogP contribution in [0.2, 0.25) is 5.15 Å². The fourth-order valence-corrected chi connectivity index (χ4v) is 1.78. The van der Waals surface area contributed by atoms with E-state index in [1.54, 1.807) is 13.0 Å². The molecule has 0 aliphatic rings. The van der Waals surface area contributed by atoms with Gasteiger partial charge in [0.2, 0.25) is 5.88 Å². The van der Waals surface area contributed by atoms with E-state index >= 15 is 0 Å². The van der Waals surface area contributed by atoms with Crippen LogP contribution >= 0.6 is 11.6 Å². The van der Waals surface area contributed by atoms with Crippen LogP contribution in [0.4, 0.5) is 0 Å². The maximum absolute atomic E-state index is 5.84. The van der Waals surface area contributed by atoms with E-state index in [-0.39, 0.29) is 0 Å². The lowest BCUT2D eigenvalue weighted by Gasteiger charge is -2.06. The number of rotatable bonds is 4. The molecule has 0 amide bonds. The molecule has 18 heavy (non-hydrogen) atoms. The molecule has 4 nitrogen and oxygen atoms in total. The summed E-state index contributed by atoms with van der Waals surface area (Å²) in [6.45, 7) is 2.41. The van der Waals surface area contributed by atoms with Crippen LogP contribution < -0.4 is 10.5 Å². The second kappa shape index (κ2) is 5.80. The molecule has 0 aliphatic heterocycles. The maximum atomic E-state index is 5.84. The summed E-state index contributed by atoms with van der Waals surface area (Å²) in [5.41, 5.74) is 6.67. The first-order chi connectivity index (χ1) is 8.67. The van der Waals surface area contributed by atoms with E-state index in [0.717, 1.165) is 6.42 Å². The van der Waals surface area contributed by atoms with Gasteiger partial charge in [0, 0.05) is 6.07 Å². The van der Waals surface area contributed by atoms with E-state index in [4.69, 9.17) is 22.1 Å². The fourth-order valence-electron chi connectivity index (χ4n) is 1.57. The molecule has 0 atom stereocenters. The molecule has 94 valence electrons. The maximum Gasteiger partial charge on any atom is 0.224 e. The minimum absolute atomic E-state index is 0.372. The highest BCUT2D eigenvalue weighted by molar-refractivity contribution is 6.29. The highest BCUT2D eigenvalue weighted by Crippen LogP contribution is 2.22. The number of nitrogens with zero attached hydrogens (tertiary/aromatic N) is 2. The number of aryl methyl sites for hydroxylation is 1. The van der Waals surface area contributed by atoms with Crippen LogP contribution in [-0.2, 0) is 6.42 Å². The van der Waals surface area contributed by atoms with Gasteiger partial charge in [0.25, 0.3) is 0 Å². The first-order valence-corrected chi connectivity index (χ1v) is 6.03. The van der Waals surface area contributed by atoms with E-state index in [1.165, 1.54) is 5.56 Å². The monoisotopic (exact) mass is 263 g/mol. The Morgan fingerprint density at radius 2 is 1.94 bits per heavy atom. The van der Waals surface area contributed by atoms with Crippen LogP contribution in [0, 0.1) is 6.92 Å². The van der Waals surface area contributed by atoms with Crippen molar-refractivity contribution in [3.05, 3.63) is 46.9 Å². The largest absolute Gasteiger partial charge is 0.439 e. The summed E-state index contributed by atoms with van der Waals surface area (Å²) in [5, 5.41) is 0.372. The van der Waals surface area contributed by atoms with Crippen molar-refractivity contribution >= 4 is 11.6 Å². The number of hydrogen-bond donors (Lipinski definition) is 1. The third-order valence-electron chi connectivity index (χ3n) is 2.36. The van der Waals surface area contributed by atoms with Gasteiger partial charge in [-0.1, -0.05) is 23.7 Å². The number of halogens is 1. The Morgan fingerprint density at radius 1 is 1.22 bits per heavy atom. The predicted octanol–water partition coefficient (Wildman–Crippen LogP) is 2.73. The van der Waals surface area contributed by atoms with Gasteiger partial charge in [0.15, 0.2) is 0 Å². The standard InChI is InChI=1S/C13H14ClN3O/c1-9-16-12(14)8-13(17-9)18-11-4-2-10(3-5-11)6-7-15/h2-5,8H,6-7,15H2,1H3. The zero-order chi connectivity index (χ0) is 13.0. The first-order valence-electron chi connectivity index (χ1n) is 5.65. The Kier molecular flexibility index (Phi) is 4.12. The number of hydrogen-bond acceptors (Lipinski definition) is 4. The predicted molar refractivity (Wildman–Crippen MR) is 71.1 cm³/mol. The lowest BCUT2D eigenvalue weighted by atomic mass is 10.1. The van der Waals surface area contributed by atoms with E-state index in [0.29, 0.717) is 29.2 Å². The third kappa shape index (κ3) is 3.42. The molecule has 2 aromatic rings. The van der Waals surface area contributed by atoms with Crippen LogP contribution in [0.15, 0.2) is 30.3 Å². The molecular formula is C13H14ClN3O. The van der Waals surface area contributed by atoms with Crippen molar-refractivity contribution in [2.24, 2.45) is 5.73 Å². The summed E-state index contributed by atoms with van der Waals surface area (Å²) in [4.78, 5) is 8.13. The smallest absolute Gasteiger partial charge is 0.224 e. The van der Waals surface area contributed by atoms with Crippen molar-refractivity contribution in [1.29, 1.82) is 0 Å². The quantitative estimate of drug-likeness (QED) is 0.862. The summed E-state index contributed by atoms with van der Waals surface area (Å²) in [5.74, 6) is 1.74. The molecule has 0 unspecified atom stereocenters. The highest BCUT2D eigenvalue weighted by atomic mass is 35.5. The van der Waals surface area contributed by atoms with Crippen molar-refractivity contribution < 1.29 is 4.74 Å². The van der Waals surface area contributed by atoms with Gasteiger partial charge in [-0.2, -0.15) is 4.98 Å². The molecular weight excluding hydrogens is 250 g/mol. The summed E-state index contributed by atoms with van der Waals surface area (Å²) >= 11 is 5.84. The summed E-state index contributed by atoms with van der Waals surface area (Å²) in [7, 11) is 0. The molecule has 1 aromatic carbocycles. The second-order valence-electron chi connectivity index (χ2n) is 3.86. The molecule has 5 heteroatoms. The van der Waals surface area contributed by atoms with Gasteiger partial charge in [-0.05, 0) is 37.6 Å². The van der Waals surface area contributed by atoms with E-state index in [2.05, 4.69) is 9.97 Å². The van der Waals surface area contributed by atoms with Gasteiger partial charge in [0.05, 0.1) is 0 Å². The van der Waals surface area contributed by atoms with Crippen molar-refractivity contribution in [2.75, 3.05) is 6.54 Å². The molecule has 2 rings (SSSR count). The average Bonchev–Trinajstić information content (AvgIpc) is 2.31. The molecule has 0 aliphatic carbocycles. The zero-order valence-corrected chi connectivity index (χ0v) is 10.8. The number of nitrogens with two attached hydrogens (primary N) is 1. The van der Waals surface area contributed by atoms with Crippen molar-refractivity contribution in [3.8, 4) is 11.6 Å². The Labute approximate surface area is 111 Å². The molecule has 0 fully saturated rings. The van der Waals surface area contributed by atoms with Crippen LogP contribution in [0.25, 0.3) is 0 Å². The van der Waals surface area contributed by atoms with Gasteiger partial charge in [-0.15, -0.1) is 0 Å². The van der Waals surface area contributed by atoms with Crippen molar-refractivity contribution in [3.63, 3.8) is 0 Å². The van der Waals surface area contributed by atoms with Crippen LogP contribution in [0.1, 0.15) is 11.4 Å². The molecule has 0 saturated carbocycles. The van der Waals surface area contributed by atoms with E-state index in [9.17, 15) is 0 Å². The molecule has 1 heterocycles. The second-order valence-corrected chi connectivity index (χ2v) is 4.25. The van der Waals surface area contributed by atoms with Crippen LogP contribution in [-0.4, -0.2) is 16.5 Å². The van der Waals surface area contributed by atoms with E-state index in [1.807, 2.05) is 24.3 Å². The number of benzene rings is 1. The third-order valence-corrected chi connectivity index (χ3v) is 2.56. The van der Waals surface area contributed by atoms with Gasteiger partial charge in [0.1, 0.15) is 16.7 Å². The average molecular weight is 264 g/mol. The normalized spacial score (nSPS) is 10.4. The minimum atomic E-state index is 0.372. The van der Waals surface area contributed by atoms with Gasteiger partial charge >= 0.3 is 0 Å². The number of ether oxygens (including phenoxy) is 1. The fraction of sp³-hybridized carbons (Fsp3) is 0.231. The summed E-state index contributed by atoms with van der Waals surface area (Å²) in [6, 6.07) is 9.32. The van der Waals surface area contributed by atoms with Gasteiger partial charge in [-0.3, -0.25) is 0 Å². The molecule has 0 bridgehead atoms. The molecule has 2 N–H and O–H groups in total. The van der Waals surface area contributed by atoms with E-state index < -0.39 is 0 Å². The highest BCUT2D eigenvalue weighted by Gasteiger charge is 2.02.